The van der Waals surface area contributed by atoms with Crippen molar-refractivity contribution in [3.63, 3.8) is 0 Å². The second kappa shape index (κ2) is 6.20. The third-order valence-electron chi connectivity index (χ3n) is 6.16. The standard InChI is InChI=1S/C19H22ClN3O2S/c1-3-11(2)23-17(25)19(16(24)21-18(23)26)10-12-13(20)6-4-7-14(12)22-9-5-8-15(19)22/h4,6-7,11,15H,3,5,8-10H2,1-2H3,(H,21,24,26). The molecule has 26 heavy (non-hydrogen) atoms. The summed E-state index contributed by atoms with van der Waals surface area (Å²) in [4.78, 5) is 30.7. The number of hydrogen-bond donors (Lipinski definition) is 1. The lowest BCUT2D eigenvalue weighted by Gasteiger charge is -2.51. The minimum absolute atomic E-state index is 0.0602. The molecule has 5 nitrogen and oxygen atoms in total. The van der Waals surface area contributed by atoms with Crippen LogP contribution in [0, 0.1) is 5.41 Å². The molecule has 7 heteroatoms. The first kappa shape index (κ1) is 17.7. The predicted molar refractivity (Wildman–Crippen MR) is 105 cm³/mol. The summed E-state index contributed by atoms with van der Waals surface area (Å²) in [5.41, 5.74) is 0.766. The molecule has 3 aliphatic rings. The molecular weight excluding hydrogens is 370 g/mol. The van der Waals surface area contributed by atoms with Gasteiger partial charge in [0.25, 0.3) is 0 Å². The van der Waals surface area contributed by atoms with Gasteiger partial charge in [-0.15, -0.1) is 0 Å². The van der Waals surface area contributed by atoms with Crippen LogP contribution in [-0.4, -0.2) is 40.5 Å². The first-order valence-electron chi connectivity index (χ1n) is 9.15. The van der Waals surface area contributed by atoms with E-state index < -0.39 is 5.41 Å². The SMILES string of the molecule is CCC(C)N1C(=O)C2(Cc3c(Cl)cccc3N3CCCC32)C(=O)NC1=S. The summed E-state index contributed by atoms with van der Waals surface area (Å²) in [6.45, 7) is 4.80. The molecule has 0 aliphatic carbocycles. The topological polar surface area (TPSA) is 52.7 Å². The first-order valence-corrected chi connectivity index (χ1v) is 9.93. The molecule has 138 valence electrons. The Bertz CT molecular complexity index is 814. The van der Waals surface area contributed by atoms with Crippen LogP contribution in [-0.2, 0) is 16.0 Å². The molecular formula is C19H22ClN3O2S. The van der Waals surface area contributed by atoms with Crippen LogP contribution in [0.2, 0.25) is 5.02 Å². The molecule has 0 saturated carbocycles. The van der Waals surface area contributed by atoms with Crippen molar-refractivity contribution < 1.29 is 9.59 Å². The Morgan fingerprint density at radius 3 is 2.92 bits per heavy atom. The Kier molecular flexibility index (Phi) is 4.23. The summed E-state index contributed by atoms with van der Waals surface area (Å²) in [6, 6.07) is 5.57. The molecule has 3 unspecified atom stereocenters. The number of thiocarbonyl (C=S) groups is 1. The highest BCUT2D eigenvalue weighted by molar-refractivity contribution is 7.80. The summed E-state index contributed by atoms with van der Waals surface area (Å²) < 4.78 is 0. The van der Waals surface area contributed by atoms with Crippen molar-refractivity contribution in [2.24, 2.45) is 5.41 Å². The van der Waals surface area contributed by atoms with Gasteiger partial charge in [-0.25, -0.2) is 0 Å². The quantitative estimate of drug-likeness (QED) is 0.622. The maximum Gasteiger partial charge on any atom is 0.247 e. The van der Waals surface area contributed by atoms with E-state index in [9.17, 15) is 9.59 Å². The van der Waals surface area contributed by atoms with Crippen molar-refractivity contribution in [3.05, 3.63) is 28.8 Å². The third-order valence-corrected chi connectivity index (χ3v) is 6.81. The van der Waals surface area contributed by atoms with Crippen LogP contribution in [0.5, 0.6) is 0 Å². The summed E-state index contributed by atoms with van der Waals surface area (Å²) in [6.07, 6.45) is 2.85. The summed E-state index contributed by atoms with van der Waals surface area (Å²) in [7, 11) is 0. The Labute approximate surface area is 163 Å². The predicted octanol–water partition coefficient (Wildman–Crippen LogP) is 2.89. The highest BCUT2D eigenvalue weighted by atomic mass is 35.5. The number of halogens is 1. The van der Waals surface area contributed by atoms with E-state index in [4.69, 9.17) is 23.8 Å². The molecule has 3 heterocycles. The van der Waals surface area contributed by atoms with Crippen LogP contribution in [0.15, 0.2) is 18.2 Å². The maximum atomic E-state index is 13.7. The zero-order chi connectivity index (χ0) is 18.6. The fourth-order valence-electron chi connectivity index (χ4n) is 4.66. The zero-order valence-electron chi connectivity index (χ0n) is 14.9. The van der Waals surface area contributed by atoms with Gasteiger partial charge in [0.05, 0.1) is 6.04 Å². The fourth-order valence-corrected chi connectivity index (χ4v) is 5.25. The summed E-state index contributed by atoms with van der Waals surface area (Å²) in [5, 5.41) is 3.65. The maximum absolute atomic E-state index is 13.7. The number of nitrogens with one attached hydrogen (secondary N) is 1. The van der Waals surface area contributed by atoms with Crippen molar-refractivity contribution in [2.75, 3.05) is 11.4 Å². The van der Waals surface area contributed by atoms with Gasteiger partial charge in [-0.2, -0.15) is 0 Å². The highest BCUT2D eigenvalue weighted by Gasteiger charge is 2.62. The number of fused-ring (bicyclic) bond motifs is 4. The monoisotopic (exact) mass is 391 g/mol. The lowest BCUT2D eigenvalue weighted by molar-refractivity contribution is -0.153. The number of nitrogens with zero attached hydrogens (tertiary/aromatic N) is 2. The molecule has 2 fully saturated rings. The van der Waals surface area contributed by atoms with Crippen LogP contribution in [0.4, 0.5) is 5.69 Å². The van der Waals surface area contributed by atoms with Gasteiger partial charge in [-0.05, 0) is 56.1 Å². The number of anilines is 1. The number of carbonyl (C=O) groups is 2. The molecule has 1 spiro atoms. The highest BCUT2D eigenvalue weighted by Crippen LogP contribution is 2.50. The van der Waals surface area contributed by atoms with Crippen molar-refractivity contribution in [2.45, 2.75) is 51.6 Å². The van der Waals surface area contributed by atoms with Crippen LogP contribution in [0.3, 0.4) is 0 Å². The Balaban J connectivity index is 1.88. The smallest absolute Gasteiger partial charge is 0.247 e. The van der Waals surface area contributed by atoms with Gasteiger partial charge in [0.2, 0.25) is 11.8 Å². The summed E-state index contributed by atoms with van der Waals surface area (Å²) in [5.74, 6) is -0.461. The van der Waals surface area contributed by atoms with E-state index in [1.54, 1.807) is 4.90 Å². The number of hydrogen-bond acceptors (Lipinski definition) is 4. The van der Waals surface area contributed by atoms with E-state index in [1.807, 2.05) is 32.0 Å². The van der Waals surface area contributed by atoms with Crippen LogP contribution >= 0.6 is 23.8 Å². The number of benzene rings is 1. The number of amides is 2. The van der Waals surface area contributed by atoms with Crippen LogP contribution in [0.25, 0.3) is 0 Å². The van der Waals surface area contributed by atoms with Gasteiger partial charge in [0, 0.05) is 29.7 Å². The number of carbonyl (C=O) groups excluding carboxylic acids is 2. The normalized spacial score (nSPS) is 28.9. The summed E-state index contributed by atoms with van der Waals surface area (Å²) >= 11 is 11.8. The van der Waals surface area contributed by atoms with Gasteiger partial charge >= 0.3 is 0 Å². The molecule has 1 aromatic carbocycles. The van der Waals surface area contributed by atoms with E-state index in [0.29, 0.717) is 11.4 Å². The average molecular weight is 392 g/mol. The lowest BCUT2D eigenvalue weighted by atomic mass is 9.68. The minimum atomic E-state index is -1.17. The third kappa shape index (κ3) is 2.24. The van der Waals surface area contributed by atoms with Gasteiger partial charge in [0.15, 0.2) is 10.5 Å². The number of rotatable bonds is 2. The van der Waals surface area contributed by atoms with E-state index >= 15 is 0 Å². The van der Waals surface area contributed by atoms with Crippen molar-refractivity contribution in [1.82, 2.24) is 10.2 Å². The zero-order valence-corrected chi connectivity index (χ0v) is 16.5. The minimum Gasteiger partial charge on any atom is -0.367 e. The molecule has 3 atom stereocenters. The molecule has 1 N–H and O–H groups in total. The van der Waals surface area contributed by atoms with Crippen LogP contribution in [0.1, 0.15) is 38.7 Å². The van der Waals surface area contributed by atoms with Crippen LogP contribution < -0.4 is 10.2 Å². The molecule has 4 rings (SSSR count). The van der Waals surface area contributed by atoms with E-state index in [-0.39, 0.29) is 29.0 Å². The lowest BCUT2D eigenvalue weighted by Crippen LogP contribution is -2.72. The molecule has 0 bridgehead atoms. The molecule has 1 aromatic rings. The second-order valence-corrected chi connectivity index (χ2v) is 8.22. The van der Waals surface area contributed by atoms with Crippen molar-refractivity contribution >= 4 is 46.4 Å². The Morgan fingerprint density at radius 1 is 1.42 bits per heavy atom. The van der Waals surface area contributed by atoms with Gasteiger partial charge in [-0.3, -0.25) is 14.5 Å². The van der Waals surface area contributed by atoms with E-state index in [2.05, 4.69) is 10.2 Å². The molecule has 3 aliphatic heterocycles. The molecule has 2 saturated heterocycles. The van der Waals surface area contributed by atoms with Gasteiger partial charge in [0.1, 0.15) is 0 Å². The van der Waals surface area contributed by atoms with E-state index in [0.717, 1.165) is 37.1 Å². The molecule has 0 radical (unpaired) electrons. The van der Waals surface area contributed by atoms with Crippen molar-refractivity contribution in [1.29, 1.82) is 0 Å². The van der Waals surface area contributed by atoms with Gasteiger partial charge < -0.3 is 10.2 Å². The average Bonchev–Trinajstić information content (AvgIpc) is 3.10. The van der Waals surface area contributed by atoms with E-state index in [1.165, 1.54) is 0 Å². The fraction of sp³-hybridized carbons (Fsp3) is 0.526. The Hall–Kier alpha value is -1.66. The van der Waals surface area contributed by atoms with Gasteiger partial charge in [-0.1, -0.05) is 24.6 Å². The Morgan fingerprint density at radius 2 is 2.19 bits per heavy atom. The molecule has 0 aromatic heterocycles. The first-order chi connectivity index (χ1) is 12.4. The molecule has 2 amide bonds. The second-order valence-electron chi connectivity index (χ2n) is 7.43. The largest absolute Gasteiger partial charge is 0.367 e. The van der Waals surface area contributed by atoms with Crippen molar-refractivity contribution in [3.8, 4) is 0 Å².